The van der Waals surface area contributed by atoms with Gasteiger partial charge < -0.3 is 19.7 Å². The van der Waals surface area contributed by atoms with Crippen LogP contribution >= 0.6 is 0 Å². The van der Waals surface area contributed by atoms with Crippen molar-refractivity contribution in [3.05, 3.63) is 103 Å². The smallest absolute Gasteiger partial charge is 0.314 e. The van der Waals surface area contributed by atoms with E-state index in [0.717, 1.165) is 50.4 Å². The van der Waals surface area contributed by atoms with Gasteiger partial charge in [0.2, 0.25) is 0 Å². The van der Waals surface area contributed by atoms with Crippen LogP contribution in [0.15, 0.2) is 95.8 Å². The van der Waals surface area contributed by atoms with E-state index in [4.69, 9.17) is 9.26 Å². The number of carbonyl (C=O) groups is 1. The predicted octanol–water partition coefficient (Wildman–Crippen LogP) is 7.25. The number of carboxylic acids is 1. The molecule has 0 spiro atoms. The Morgan fingerprint density at radius 3 is 2.41 bits per heavy atom. The molecule has 7 heteroatoms. The van der Waals surface area contributed by atoms with E-state index < -0.39 is 11.4 Å². The van der Waals surface area contributed by atoms with E-state index >= 15 is 0 Å². The van der Waals surface area contributed by atoms with Crippen LogP contribution in [0.5, 0.6) is 5.75 Å². The number of hydrogen-bond donors (Lipinski definition) is 2. The van der Waals surface area contributed by atoms with E-state index in [0.29, 0.717) is 24.4 Å². The maximum absolute atomic E-state index is 11.8. The molecule has 0 unspecified atom stereocenters. The van der Waals surface area contributed by atoms with Gasteiger partial charge in [-0.2, -0.15) is 0 Å². The largest absolute Gasteiger partial charge is 0.495 e. The molecule has 0 bridgehead atoms. The number of rotatable bonds is 8. The fourth-order valence-electron chi connectivity index (χ4n) is 4.96. The van der Waals surface area contributed by atoms with Crippen LogP contribution in [0, 0.1) is 6.92 Å². The summed E-state index contributed by atoms with van der Waals surface area (Å²) in [6, 6.07) is 25.8. The minimum atomic E-state index is -0.754. The lowest BCUT2D eigenvalue weighted by Gasteiger charge is -2.14. The van der Waals surface area contributed by atoms with Crippen molar-refractivity contribution < 1.29 is 19.2 Å². The van der Waals surface area contributed by atoms with Crippen molar-refractivity contribution in [1.29, 1.82) is 0 Å². The van der Waals surface area contributed by atoms with Crippen molar-refractivity contribution in [2.45, 2.75) is 25.2 Å². The molecule has 2 heterocycles. The minimum Gasteiger partial charge on any atom is -0.495 e. The number of pyridine rings is 1. The lowest BCUT2D eigenvalue weighted by atomic mass is 9.92. The SMILES string of the molecule is COc1cncc(-c2cccc(Nc3c(C)noc3-c3ccccc3-c3ccc(C4(C(=O)O)CC4)cc3)c2)c1. The van der Waals surface area contributed by atoms with E-state index in [9.17, 15) is 9.90 Å². The lowest BCUT2D eigenvalue weighted by Crippen LogP contribution is -2.19. The quantitative estimate of drug-likeness (QED) is 0.224. The van der Waals surface area contributed by atoms with Crippen molar-refractivity contribution in [3.63, 3.8) is 0 Å². The molecule has 1 saturated carbocycles. The summed E-state index contributed by atoms with van der Waals surface area (Å²) in [7, 11) is 1.63. The first-order valence-electron chi connectivity index (χ1n) is 12.7. The van der Waals surface area contributed by atoms with Gasteiger partial charge in [-0.05, 0) is 60.2 Å². The number of methoxy groups -OCH3 is 1. The molecule has 2 aromatic heterocycles. The fourth-order valence-corrected chi connectivity index (χ4v) is 4.96. The normalized spacial score (nSPS) is 13.6. The Morgan fingerprint density at radius 2 is 1.69 bits per heavy atom. The first kappa shape index (κ1) is 24.4. The molecule has 0 radical (unpaired) electrons. The maximum Gasteiger partial charge on any atom is 0.314 e. The Morgan fingerprint density at radius 1 is 0.923 bits per heavy atom. The Hall–Kier alpha value is -4.91. The third-order valence-corrected chi connectivity index (χ3v) is 7.36. The molecule has 0 atom stereocenters. The van der Waals surface area contributed by atoms with Gasteiger partial charge in [0, 0.05) is 23.0 Å². The number of aliphatic carboxylic acids is 1. The summed E-state index contributed by atoms with van der Waals surface area (Å²) in [5.41, 5.74) is 7.30. The Kier molecular flexibility index (Phi) is 6.11. The molecular formula is C32H27N3O4. The number of aryl methyl sites for hydroxylation is 1. The van der Waals surface area contributed by atoms with Gasteiger partial charge in [0.15, 0.2) is 5.76 Å². The Bertz CT molecular complexity index is 1670. The third kappa shape index (κ3) is 4.52. The molecule has 3 aromatic carbocycles. The minimum absolute atomic E-state index is 0.629. The summed E-state index contributed by atoms with van der Waals surface area (Å²) in [4.78, 5) is 16.0. The van der Waals surface area contributed by atoms with Crippen LogP contribution in [-0.4, -0.2) is 28.3 Å². The summed E-state index contributed by atoms with van der Waals surface area (Å²) in [5, 5.41) is 17.4. The van der Waals surface area contributed by atoms with Crippen molar-refractivity contribution in [2.75, 3.05) is 12.4 Å². The Balaban J connectivity index is 1.34. The van der Waals surface area contributed by atoms with Crippen molar-refractivity contribution in [2.24, 2.45) is 0 Å². The van der Waals surface area contributed by atoms with Crippen LogP contribution in [0.3, 0.4) is 0 Å². The van der Waals surface area contributed by atoms with Crippen LogP contribution in [0.1, 0.15) is 24.1 Å². The monoisotopic (exact) mass is 517 g/mol. The number of benzene rings is 3. The van der Waals surface area contributed by atoms with Crippen molar-refractivity contribution in [3.8, 4) is 39.3 Å². The summed E-state index contributed by atoms with van der Waals surface area (Å²) < 4.78 is 11.2. The number of hydrogen-bond acceptors (Lipinski definition) is 6. The highest BCUT2D eigenvalue weighted by Gasteiger charge is 2.51. The predicted molar refractivity (Wildman–Crippen MR) is 150 cm³/mol. The third-order valence-electron chi connectivity index (χ3n) is 7.36. The van der Waals surface area contributed by atoms with Crippen LogP contribution < -0.4 is 10.1 Å². The maximum atomic E-state index is 11.8. The molecule has 0 saturated heterocycles. The summed E-state index contributed by atoms with van der Waals surface area (Å²) in [5.74, 6) is 0.572. The molecule has 0 amide bonds. The van der Waals surface area contributed by atoms with Gasteiger partial charge >= 0.3 is 5.97 Å². The van der Waals surface area contributed by atoms with Crippen LogP contribution in [0.25, 0.3) is 33.6 Å². The molecule has 6 rings (SSSR count). The molecule has 1 fully saturated rings. The summed E-state index contributed by atoms with van der Waals surface area (Å²) in [6.45, 7) is 1.91. The second-order valence-corrected chi connectivity index (χ2v) is 9.80. The van der Waals surface area contributed by atoms with Gasteiger partial charge in [0.1, 0.15) is 17.1 Å². The summed E-state index contributed by atoms with van der Waals surface area (Å²) in [6.07, 6.45) is 4.85. The van der Waals surface area contributed by atoms with Gasteiger partial charge in [0.25, 0.3) is 0 Å². The van der Waals surface area contributed by atoms with Gasteiger partial charge in [0.05, 0.1) is 18.7 Å². The van der Waals surface area contributed by atoms with E-state index in [1.54, 1.807) is 19.5 Å². The summed E-state index contributed by atoms with van der Waals surface area (Å²) >= 11 is 0. The van der Waals surface area contributed by atoms with E-state index in [2.05, 4.69) is 15.5 Å². The highest BCUT2D eigenvalue weighted by atomic mass is 16.5. The molecule has 1 aliphatic rings. The van der Waals surface area contributed by atoms with E-state index in [-0.39, 0.29) is 0 Å². The zero-order valence-corrected chi connectivity index (χ0v) is 21.6. The number of ether oxygens (including phenoxy) is 1. The van der Waals surface area contributed by atoms with Gasteiger partial charge in [-0.3, -0.25) is 9.78 Å². The first-order valence-corrected chi connectivity index (χ1v) is 12.7. The first-order chi connectivity index (χ1) is 19.0. The molecule has 2 N–H and O–H groups in total. The average Bonchev–Trinajstić information content (AvgIpc) is 3.72. The van der Waals surface area contributed by atoms with Crippen LogP contribution in [-0.2, 0) is 10.2 Å². The standard InChI is InChI=1S/C32H27N3O4/c1-20-29(34-25-7-5-6-22(16-25)23-17-26(38-2)19-33-18-23)30(39-35-20)28-9-4-3-8-27(28)21-10-12-24(13-11-21)32(14-15-32)31(36)37/h3-13,16-19,34H,14-15H2,1-2H3,(H,36,37). The number of carboxylic acid groups (broad SMARTS) is 1. The molecule has 5 aromatic rings. The van der Waals surface area contributed by atoms with Crippen LogP contribution in [0.4, 0.5) is 11.4 Å². The Labute approximate surface area is 226 Å². The zero-order valence-electron chi connectivity index (χ0n) is 21.6. The van der Waals surface area contributed by atoms with E-state index in [1.807, 2.05) is 85.8 Å². The number of anilines is 2. The fraction of sp³-hybridized carbons (Fsp3) is 0.156. The lowest BCUT2D eigenvalue weighted by molar-refractivity contribution is -0.140. The van der Waals surface area contributed by atoms with Crippen molar-refractivity contribution >= 4 is 17.3 Å². The topological polar surface area (TPSA) is 97.5 Å². The van der Waals surface area contributed by atoms with Gasteiger partial charge in [-0.15, -0.1) is 0 Å². The molecular weight excluding hydrogens is 490 g/mol. The van der Waals surface area contributed by atoms with Crippen LogP contribution in [0.2, 0.25) is 0 Å². The highest BCUT2D eigenvalue weighted by molar-refractivity contribution is 5.89. The highest BCUT2D eigenvalue weighted by Crippen LogP contribution is 2.49. The average molecular weight is 518 g/mol. The van der Waals surface area contributed by atoms with Crippen molar-refractivity contribution in [1.82, 2.24) is 10.1 Å². The molecule has 1 aliphatic carbocycles. The number of nitrogens with zero attached hydrogens (tertiary/aromatic N) is 2. The number of aromatic nitrogens is 2. The number of nitrogens with one attached hydrogen (secondary N) is 1. The second-order valence-electron chi connectivity index (χ2n) is 9.80. The molecule has 0 aliphatic heterocycles. The molecule has 7 nitrogen and oxygen atoms in total. The van der Waals surface area contributed by atoms with Gasteiger partial charge in [-0.25, -0.2) is 0 Å². The molecule has 194 valence electrons. The van der Waals surface area contributed by atoms with Gasteiger partial charge in [-0.1, -0.05) is 65.8 Å². The molecule has 39 heavy (non-hydrogen) atoms. The second kappa shape index (κ2) is 9.76. The zero-order chi connectivity index (χ0) is 27.0. The van der Waals surface area contributed by atoms with E-state index in [1.165, 1.54) is 0 Å².